The van der Waals surface area contributed by atoms with Gasteiger partial charge in [0.1, 0.15) is 12.6 Å². The summed E-state index contributed by atoms with van der Waals surface area (Å²) in [5.41, 5.74) is 1.78. The number of hydrogen-bond donors (Lipinski definition) is 1. The lowest BCUT2D eigenvalue weighted by molar-refractivity contribution is -0.140. The van der Waals surface area contributed by atoms with Gasteiger partial charge in [-0.05, 0) is 78.9 Å². The van der Waals surface area contributed by atoms with Gasteiger partial charge in [0, 0.05) is 18.1 Å². The Balaban J connectivity index is 2.06. The third-order valence-corrected chi connectivity index (χ3v) is 9.16. The van der Waals surface area contributed by atoms with Gasteiger partial charge < -0.3 is 10.2 Å². The Bertz CT molecular complexity index is 1480. The van der Waals surface area contributed by atoms with E-state index in [0.717, 1.165) is 9.87 Å². The van der Waals surface area contributed by atoms with Gasteiger partial charge in [-0.25, -0.2) is 8.42 Å². The highest BCUT2D eigenvalue weighted by atomic mass is 35.5. The maximum absolute atomic E-state index is 14.1. The smallest absolute Gasteiger partial charge is 0.264 e. The lowest BCUT2D eigenvalue weighted by Crippen LogP contribution is -2.52. The Morgan fingerprint density at radius 3 is 2.20 bits per heavy atom. The van der Waals surface area contributed by atoms with Crippen molar-refractivity contribution in [3.8, 4) is 0 Å². The summed E-state index contributed by atoms with van der Waals surface area (Å²) in [7, 11) is -4.19. The normalized spacial score (nSPS) is 12.2. The van der Waals surface area contributed by atoms with Crippen LogP contribution in [0.2, 0.25) is 15.1 Å². The molecule has 0 aliphatic rings. The van der Waals surface area contributed by atoms with Crippen molar-refractivity contribution in [1.82, 2.24) is 10.2 Å². The van der Waals surface area contributed by atoms with Crippen molar-refractivity contribution >= 4 is 62.3 Å². The van der Waals surface area contributed by atoms with E-state index in [1.54, 1.807) is 43.3 Å². The molecule has 2 amide bonds. The molecule has 1 unspecified atom stereocenters. The van der Waals surface area contributed by atoms with Gasteiger partial charge in [-0.3, -0.25) is 13.9 Å². The first-order valence-corrected chi connectivity index (χ1v) is 15.8. The summed E-state index contributed by atoms with van der Waals surface area (Å²) in [6.45, 7) is 7.50. The molecule has 3 aromatic rings. The highest BCUT2D eigenvalue weighted by Gasteiger charge is 2.33. The number of aryl methyl sites for hydroxylation is 1. The van der Waals surface area contributed by atoms with E-state index < -0.39 is 28.5 Å². The van der Waals surface area contributed by atoms with E-state index in [-0.39, 0.29) is 23.3 Å². The number of hydrogen-bond acceptors (Lipinski definition) is 4. The fourth-order valence-corrected chi connectivity index (χ4v) is 6.08. The van der Waals surface area contributed by atoms with Crippen LogP contribution in [0.15, 0.2) is 71.6 Å². The fourth-order valence-electron chi connectivity index (χ4n) is 4.22. The number of nitrogens with one attached hydrogen (secondary N) is 1. The zero-order valence-electron chi connectivity index (χ0n) is 23.4. The third-order valence-electron chi connectivity index (χ3n) is 6.38. The predicted molar refractivity (Wildman–Crippen MR) is 166 cm³/mol. The van der Waals surface area contributed by atoms with Crippen LogP contribution in [-0.2, 0) is 26.2 Å². The number of nitrogens with zero attached hydrogens (tertiary/aromatic N) is 2. The van der Waals surface area contributed by atoms with E-state index in [1.165, 1.54) is 29.2 Å². The Labute approximate surface area is 257 Å². The monoisotopic (exact) mass is 637 g/mol. The van der Waals surface area contributed by atoms with E-state index >= 15 is 0 Å². The van der Waals surface area contributed by atoms with Crippen molar-refractivity contribution in [2.24, 2.45) is 5.92 Å². The molecule has 0 bridgehead atoms. The summed E-state index contributed by atoms with van der Waals surface area (Å²) in [6.07, 6.45) is 0.311. The van der Waals surface area contributed by atoms with Crippen LogP contribution >= 0.6 is 34.8 Å². The Morgan fingerprint density at radius 2 is 1.61 bits per heavy atom. The number of carbonyl (C=O) groups excluding carboxylic acids is 2. The Morgan fingerprint density at radius 1 is 0.927 bits per heavy atom. The van der Waals surface area contributed by atoms with Gasteiger partial charge in [0.2, 0.25) is 11.8 Å². The highest BCUT2D eigenvalue weighted by molar-refractivity contribution is 7.92. The number of halogens is 3. The summed E-state index contributed by atoms with van der Waals surface area (Å²) in [5, 5.41) is 3.95. The van der Waals surface area contributed by atoms with Gasteiger partial charge in [0.15, 0.2) is 0 Å². The average molecular weight is 639 g/mol. The molecular weight excluding hydrogens is 605 g/mol. The van der Waals surface area contributed by atoms with E-state index in [4.69, 9.17) is 34.8 Å². The van der Waals surface area contributed by atoms with Gasteiger partial charge >= 0.3 is 0 Å². The minimum atomic E-state index is -4.19. The second-order valence-corrected chi connectivity index (χ2v) is 13.3. The number of rotatable bonds is 12. The Hall–Kier alpha value is -2.78. The first-order chi connectivity index (χ1) is 19.3. The minimum absolute atomic E-state index is 0.0195. The van der Waals surface area contributed by atoms with Crippen molar-refractivity contribution in [1.29, 1.82) is 0 Å². The topological polar surface area (TPSA) is 86.8 Å². The second-order valence-electron chi connectivity index (χ2n) is 10.1. The molecule has 3 aromatic carbocycles. The zero-order valence-corrected chi connectivity index (χ0v) is 26.5. The van der Waals surface area contributed by atoms with Gasteiger partial charge in [0.25, 0.3) is 10.0 Å². The molecule has 0 spiro atoms. The first-order valence-electron chi connectivity index (χ1n) is 13.2. The van der Waals surface area contributed by atoms with Crippen LogP contribution < -0.4 is 9.62 Å². The molecule has 3 rings (SSSR count). The van der Waals surface area contributed by atoms with Gasteiger partial charge in [0.05, 0.1) is 20.6 Å². The average Bonchev–Trinajstić information content (AvgIpc) is 2.92. The molecule has 0 aromatic heterocycles. The van der Waals surface area contributed by atoms with E-state index in [9.17, 15) is 18.0 Å². The molecule has 41 heavy (non-hydrogen) atoms. The fraction of sp³-hybridized carbons (Fsp3) is 0.333. The number of sulfonamides is 1. The molecule has 7 nitrogen and oxygen atoms in total. The van der Waals surface area contributed by atoms with Crippen LogP contribution in [0, 0.1) is 12.8 Å². The maximum Gasteiger partial charge on any atom is 0.264 e. The summed E-state index contributed by atoms with van der Waals surface area (Å²) in [6, 6.07) is 16.7. The SMILES string of the molecule is CCC(C(=O)NCC(C)C)N(Cc1ccc(Cl)c(Cl)c1)C(=O)CN(c1cccc(C)c1)S(=O)(=O)c1ccc(Cl)cc1. The largest absolute Gasteiger partial charge is 0.354 e. The van der Waals surface area contributed by atoms with E-state index in [0.29, 0.717) is 39.3 Å². The van der Waals surface area contributed by atoms with Crippen molar-refractivity contribution in [3.63, 3.8) is 0 Å². The van der Waals surface area contributed by atoms with Crippen LogP contribution in [0.5, 0.6) is 0 Å². The molecule has 0 saturated carbocycles. The highest BCUT2D eigenvalue weighted by Crippen LogP contribution is 2.27. The number of carbonyl (C=O) groups is 2. The lowest BCUT2D eigenvalue weighted by Gasteiger charge is -2.33. The summed E-state index contributed by atoms with van der Waals surface area (Å²) >= 11 is 18.3. The van der Waals surface area contributed by atoms with Crippen LogP contribution in [0.4, 0.5) is 5.69 Å². The van der Waals surface area contributed by atoms with Gasteiger partial charge in [-0.15, -0.1) is 0 Å². The molecule has 0 radical (unpaired) electrons. The van der Waals surface area contributed by atoms with Crippen molar-refractivity contribution in [2.45, 2.75) is 51.6 Å². The maximum atomic E-state index is 14.1. The molecule has 0 heterocycles. The molecule has 0 saturated heterocycles. The number of amides is 2. The molecule has 1 N–H and O–H groups in total. The van der Waals surface area contributed by atoms with E-state index in [1.807, 2.05) is 26.8 Å². The molecule has 11 heteroatoms. The third kappa shape index (κ3) is 8.61. The standard InChI is InChI=1S/C30H34Cl3N3O4S/c1-5-28(30(38)34-17-20(2)3)35(18-22-9-14-26(32)27(33)16-22)29(37)19-36(24-8-6-7-21(4)15-24)41(39,40)25-12-10-23(31)11-13-25/h6-16,20,28H,5,17-19H2,1-4H3,(H,34,38). The van der Waals surface area contributed by atoms with Gasteiger partial charge in [-0.1, -0.05) is 73.8 Å². The molecule has 0 aliphatic heterocycles. The molecule has 1 atom stereocenters. The van der Waals surface area contributed by atoms with Crippen LogP contribution in [0.1, 0.15) is 38.3 Å². The number of anilines is 1. The first kappa shape index (κ1) is 32.7. The quantitative estimate of drug-likeness (QED) is 0.238. The summed E-state index contributed by atoms with van der Waals surface area (Å²) in [4.78, 5) is 28.8. The molecule has 0 fully saturated rings. The second kappa shape index (κ2) is 14.4. The van der Waals surface area contributed by atoms with Crippen molar-refractivity contribution in [2.75, 3.05) is 17.4 Å². The van der Waals surface area contributed by atoms with Gasteiger partial charge in [-0.2, -0.15) is 0 Å². The summed E-state index contributed by atoms with van der Waals surface area (Å²) in [5.74, 6) is -0.670. The van der Waals surface area contributed by atoms with Crippen molar-refractivity contribution < 1.29 is 18.0 Å². The minimum Gasteiger partial charge on any atom is -0.354 e. The Kier molecular flexibility index (Phi) is 11.5. The summed E-state index contributed by atoms with van der Waals surface area (Å²) < 4.78 is 28.9. The molecular formula is C30H34Cl3N3O4S. The van der Waals surface area contributed by atoms with Crippen molar-refractivity contribution in [3.05, 3.63) is 92.9 Å². The zero-order chi connectivity index (χ0) is 30.3. The molecule has 0 aliphatic carbocycles. The van der Waals surface area contributed by atoms with Crippen LogP contribution in [0.25, 0.3) is 0 Å². The van der Waals surface area contributed by atoms with E-state index in [2.05, 4.69) is 5.32 Å². The molecule has 220 valence electrons. The number of benzene rings is 3. The lowest BCUT2D eigenvalue weighted by atomic mass is 10.1. The predicted octanol–water partition coefficient (Wildman–Crippen LogP) is 6.73. The van der Waals surface area contributed by atoms with Crippen LogP contribution in [-0.4, -0.2) is 44.3 Å². The van der Waals surface area contributed by atoms with Crippen LogP contribution in [0.3, 0.4) is 0 Å².